The molecular formula is C9H13N5. The van der Waals surface area contributed by atoms with E-state index in [0.717, 1.165) is 17.8 Å². The van der Waals surface area contributed by atoms with Crippen molar-refractivity contribution in [1.29, 1.82) is 0 Å². The number of imidazole rings is 1. The summed E-state index contributed by atoms with van der Waals surface area (Å²) in [6, 6.07) is 0. The lowest BCUT2D eigenvalue weighted by Gasteiger charge is -1.96. The van der Waals surface area contributed by atoms with E-state index in [2.05, 4.69) is 10.1 Å². The number of aromatic nitrogens is 4. The first kappa shape index (κ1) is 8.80. The number of nitrogens with two attached hydrogens (primary N) is 1. The van der Waals surface area contributed by atoms with Crippen LogP contribution in [0, 0.1) is 0 Å². The Labute approximate surface area is 82.2 Å². The van der Waals surface area contributed by atoms with Gasteiger partial charge in [-0.25, -0.2) is 4.98 Å². The van der Waals surface area contributed by atoms with Crippen LogP contribution in [0.15, 0.2) is 18.7 Å². The fourth-order valence-electron chi connectivity index (χ4n) is 1.32. The van der Waals surface area contributed by atoms with Crippen molar-refractivity contribution in [2.75, 3.05) is 5.73 Å². The predicted octanol–water partition coefficient (Wildman–Crippen LogP) is 0.886. The Morgan fingerprint density at radius 3 is 2.79 bits per heavy atom. The molecular weight excluding hydrogens is 178 g/mol. The number of rotatable bonds is 2. The Balaban J connectivity index is 2.44. The molecule has 2 rings (SSSR count). The molecule has 0 saturated carbocycles. The van der Waals surface area contributed by atoms with Gasteiger partial charge in [0.05, 0.1) is 12.5 Å². The van der Waals surface area contributed by atoms with E-state index >= 15 is 0 Å². The van der Waals surface area contributed by atoms with Gasteiger partial charge in [0, 0.05) is 25.4 Å². The van der Waals surface area contributed by atoms with Gasteiger partial charge in [0.1, 0.15) is 11.5 Å². The molecule has 2 aromatic heterocycles. The third kappa shape index (κ3) is 1.26. The van der Waals surface area contributed by atoms with Gasteiger partial charge in [0.15, 0.2) is 0 Å². The van der Waals surface area contributed by atoms with Crippen molar-refractivity contribution < 1.29 is 0 Å². The van der Waals surface area contributed by atoms with E-state index in [1.165, 1.54) is 0 Å². The van der Waals surface area contributed by atoms with Crippen LogP contribution in [0.25, 0.3) is 11.3 Å². The van der Waals surface area contributed by atoms with E-state index in [-0.39, 0.29) is 0 Å². The molecule has 5 heteroatoms. The maximum Gasteiger partial charge on any atom is 0.131 e. The first-order chi connectivity index (χ1) is 6.72. The lowest BCUT2D eigenvalue weighted by atomic mass is 10.2. The minimum Gasteiger partial charge on any atom is -0.383 e. The average Bonchev–Trinajstić information content (AvgIpc) is 2.75. The topological polar surface area (TPSA) is 61.7 Å². The smallest absolute Gasteiger partial charge is 0.131 e. The van der Waals surface area contributed by atoms with Crippen molar-refractivity contribution in [3.05, 3.63) is 18.7 Å². The third-order valence-electron chi connectivity index (χ3n) is 2.21. The second-order valence-corrected chi connectivity index (χ2v) is 3.17. The van der Waals surface area contributed by atoms with Crippen LogP contribution in [0.1, 0.15) is 6.92 Å². The number of nitrogens with zero attached hydrogens (tertiary/aromatic N) is 4. The maximum absolute atomic E-state index is 5.85. The molecule has 0 aliphatic rings. The Morgan fingerprint density at radius 2 is 2.29 bits per heavy atom. The molecule has 0 fully saturated rings. The summed E-state index contributed by atoms with van der Waals surface area (Å²) >= 11 is 0. The van der Waals surface area contributed by atoms with Crippen molar-refractivity contribution in [1.82, 2.24) is 19.3 Å². The highest BCUT2D eigenvalue weighted by Gasteiger charge is 2.09. The SMILES string of the molecule is CCn1cc(-c2ncn(C)c2N)cn1. The minimum absolute atomic E-state index is 0.667. The van der Waals surface area contributed by atoms with Crippen LogP contribution in [0.5, 0.6) is 0 Å². The Bertz CT molecular complexity index is 440. The standard InChI is InChI=1S/C9H13N5/c1-3-14-5-7(4-12-14)8-9(10)13(2)6-11-8/h4-6H,3,10H2,1-2H3. The highest BCUT2D eigenvalue weighted by molar-refractivity contribution is 5.68. The lowest BCUT2D eigenvalue weighted by molar-refractivity contribution is 0.660. The lowest BCUT2D eigenvalue weighted by Crippen LogP contribution is -1.95. The number of aryl methyl sites for hydroxylation is 2. The van der Waals surface area contributed by atoms with Crippen LogP contribution in [0.3, 0.4) is 0 Å². The minimum atomic E-state index is 0.667. The summed E-state index contributed by atoms with van der Waals surface area (Å²) in [5.41, 5.74) is 7.61. The predicted molar refractivity (Wildman–Crippen MR) is 54.5 cm³/mol. The molecule has 2 heterocycles. The molecule has 74 valence electrons. The quantitative estimate of drug-likeness (QED) is 0.766. The number of nitrogen functional groups attached to an aromatic ring is 1. The van der Waals surface area contributed by atoms with Gasteiger partial charge in [-0.1, -0.05) is 0 Å². The van der Waals surface area contributed by atoms with Gasteiger partial charge in [-0.05, 0) is 6.92 Å². The van der Waals surface area contributed by atoms with Crippen molar-refractivity contribution in [2.24, 2.45) is 7.05 Å². The van der Waals surface area contributed by atoms with Crippen LogP contribution in [-0.4, -0.2) is 19.3 Å². The molecule has 0 aromatic carbocycles. The van der Waals surface area contributed by atoms with Gasteiger partial charge in [-0.3, -0.25) is 4.68 Å². The van der Waals surface area contributed by atoms with Gasteiger partial charge in [0.2, 0.25) is 0 Å². The van der Waals surface area contributed by atoms with Gasteiger partial charge >= 0.3 is 0 Å². The summed E-state index contributed by atoms with van der Waals surface area (Å²) in [4.78, 5) is 4.22. The summed E-state index contributed by atoms with van der Waals surface area (Å²) in [6.45, 7) is 2.89. The fraction of sp³-hybridized carbons (Fsp3) is 0.333. The molecule has 0 aliphatic carbocycles. The summed E-state index contributed by atoms with van der Waals surface area (Å²) in [6.07, 6.45) is 5.43. The van der Waals surface area contributed by atoms with Crippen molar-refractivity contribution in [2.45, 2.75) is 13.5 Å². The van der Waals surface area contributed by atoms with Crippen molar-refractivity contribution >= 4 is 5.82 Å². The molecule has 2 N–H and O–H groups in total. The average molecular weight is 191 g/mol. The van der Waals surface area contributed by atoms with Crippen LogP contribution in [-0.2, 0) is 13.6 Å². The van der Waals surface area contributed by atoms with E-state index < -0.39 is 0 Å². The molecule has 14 heavy (non-hydrogen) atoms. The second-order valence-electron chi connectivity index (χ2n) is 3.17. The van der Waals surface area contributed by atoms with Gasteiger partial charge in [-0.15, -0.1) is 0 Å². The Morgan fingerprint density at radius 1 is 1.50 bits per heavy atom. The Kier molecular flexibility index (Phi) is 1.99. The highest BCUT2D eigenvalue weighted by atomic mass is 15.3. The summed E-state index contributed by atoms with van der Waals surface area (Å²) in [5, 5.41) is 4.17. The van der Waals surface area contributed by atoms with E-state index in [4.69, 9.17) is 5.73 Å². The number of anilines is 1. The largest absolute Gasteiger partial charge is 0.383 e. The maximum atomic E-state index is 5.85. The zero-order chi connectivity index (χ0) is 10.1. The van der Waals surface area contributed by atoms with Crippen molar-refractivity contribution in [3.8, 4) is 11.3 Å². The zero-order valence-corrected chi connectivity index (χ0v) is 8.31. The molecule has 0 radical (unpaired) electrons. The molecule has 0 atom stereocenters. The Hall–Kier alpha value is -1.78. The summed E-state index contributed by atoms with van der Waals surface area (Å²) < 4.78 is 3.64. The first-order valence-corrected chi connectivity index (χ1v) is 4.52. The monoisotopic (exact) mass is 191 g/mol. The van der Waals surface area contributed by atoms with E-state index in [0.29, 0.717) is 5.82 Å². The number of hydrogen-bond donors (Lipinski definition) is 1. The van der Waals surface area contributed by atoms with E-state index in [1.54, 1.807) is 17.1 Å². The molecule has 0 spiro atoms. The van der Waals surface area contributed by atoms with Crippen molar-refractivity contribution in [3.63, 3.8) is 0 Å². The van der Waals surface area contributed by atoms with Crippen LogP contribution >= 0.6 is 0 Å². The van der Waals surface area contributed by atoms with Gasteiger partial charge in [-0.2, -0.15) is 5.10 Å². The van der Waals surface area contributed by atoms with E-state index in [9.17, 15) is 0 Å². The molecule has 2 aromatic rings. The van der Waals surface area contributed by atoms with Crippen LogP contribution in [0.4, 0.5) is 5.82 Å². The van der Waals surface area contributed by atoms with Gasteiger partial charge < -0.3 is 10.3 Å². The van der Waals surface area contributed by atoms with Crippen LogP contribution < -0.4 is 5.73 Å². The summed E-state index contributed by atoms with van der Waals surface area (Å²) in [7, 11) is 1.87. The number of hydrogen-bond acceptors (Lipinski definition) is 3. The molecule has 0 unspecified atom stereocenters. The first-order valence-electron chi connectivity index (χ1n) is 4.52. The molecule has 0 aliphatic heterocycles. The normalized spacial score (nSPS) is 10.7. The fourth-order valence-corrected chi connectivity index (χ4v) is 1.32. The zero-order valence-electron chi connectivity index (χ0n) is 8.31. The molecule has 5 nitrogen and oxygen atoms in total. The summed E-state index contributed by atoms with van der Waals surface area (Å²) in [5.74, 6) is 0.667. The van der Waals surface area contributed by atoms with Crippen LogP contribution in [0.2, 0.25) is 0 Å². The molecule has 0 amide bonds. The second kappa shape index (κ2) is 3.17. The van der Waals surface area contributed by atoms with E-state index in [1.807, 2.05) is 24.9 Å². The molecule has 0 saturated heterocycles. The third-order valence-corrected chi connectivity index (χ3v) is 2.21. The highest BCUT2D eigenvalue weighted by Crippen LogP contribution is 2.22. The van der Waals surface area contributed by atoms with Gasteiger partial charge in [0.25, 0.3) is 0 Å². The molecule has 0 bridgehead atoms.